The van der Waals surface area contributed by atoms with E-state index in [0.29, 0.717) is 11.4 Å². The standard InChI is InChI=1S/C9H12N2O4/c1-5-10-8(14-2)6(4-7(12)13)9(11-5)15-3/h4H2,1-3H3,(H,12,13). The van der Waals surface area contributed by atoms with E-state index in [2.05, 4.69) is 9.97 Å². The van der Waals surface area contributed by atoms with Crippen LogP contribution in [0.3, 0.4) is 0 Å². The van der Waals surface area contributed by atoms with Gasteiger partial charge in [-0.05, 0) is 6.92 Å². The van der Waals surface area contributed by atoms with E-state index in [1.54, 1.807) is 6.92 Å². The van der Waals surface area contributed by atoms with Crippen LogP contribution < -0.4 is 9.47 Å². The van der Waals surface area contributed by atoms with E-state index in [4.69, 9.17) is 14.6 Å². The number of rotatable bonds is 4. The molecule has 0 bridgehead atoms. The Morgan fingerprint density at radius 2 is 1.73 bits per heavy atom. The molecule has 15 heavy (non-hydrogen) atoms. The zero-order valence-electron chi connectivity index (χ0n) is 8.77. The second kappa shape index (κ2) is 4.59. The zero-order valence-corrected chi connectivity index (χ0v) is 8.77. The molecule has 1 rings (SSSR count). The second-order valence-corrected chi connectivity index (χ2v) is 2.84. The lowest BCUT2D eigenvalue weighted by Gasteiger charge is -2.10. The fraction of sp³-hybridized carbons (Fsp3) is 0.444. The number of nitrogens with zero attached hydrogens (tertiary/aromatic N) is 2. The highest BCUT2D eigenvalue weighted by molar-refractivity contribution is 5.72. The Labute approximate surface area is 86.9 Å². The topological polar surface area (TPSA) is 81.5 Å². The van der Waals surface area contributed by atoms with Crippen molar-refractivity contribution in [2.24, 2.45) is 0 Å². The maximum Gasteiger partial charge on any atom is 0.308 e. The number of carboxylic acid groups (broad SMARTS) is 1. The molecule has 1 aromatic heterocycles. The summed E-state index contributed by atoms with van der Waals surface area (Å²) in [6.07, 6.45) is -0.230. The van der Waals surface area contributed by atoms with E-state index in [-0.39, 0.29) is 18.2 Å². The molecule has 0 atom stereocenters. The van der Waals surface area contributed by atoms with E-state index in [9.17, 15) is 4.79 Å². The number of aromatic nitrogens is 2. The predicted molar refractivity (Wildman–Crippen MR) is 51.2 cm³/mol. The number of aliphatic carboxylic acids is 1. The van der Waals surface area contributed by atoms with Gasteiger partial charge >= 0.3 is 5.97 Å². The molecule has 0 aliphatic heterocycles. The SMILES string of the molecule is COc1nc(C)nc(OC)c1CC(=O)O. The number of carbonyl (C=O) groups is 1. The van der Waals surface area contributed by atoms with Crippen molar-refractivity contribution < 1.29 is 19.4 Å². The van der Waals surface area contributed by atoms with Crippen LogP contribution in [0.25, 0.3) is 0 Å². The van der Waals surface area contributed by atoms with Crippen molar-refractivity contribution in [2.75, 3.05) is 14.2 Å². The predicted octanol–water partition coefficient (Wildman–Crippen LogP) is 0.429. The average molecular weight is 212 g/mol. The van der Waals surface area contributed by atoms with Gasteiger partial charge < -0.3 is 14.6 Å². The van der Waals surface area contributed by atoms with Crippen LogP contribution in [0.4, 0.5) is 0 Å². The van der Waals surface area contributed by atoms with Gasteiger partial charge in [-0.3, -0.25) is 4.79 Å². The van der Waals surface area contributed by atoms with Gasteiger partial charge in [-0.15, -0.1) is 0 Å². The summed E-state index contributed by atoms with van der Waals surface area (Å²) in [5.41, 5.74) is 0.345. The molecule has 0 spiro atoms. The van der Waals surface area contributed by atoms with Crippen molar-refractivity contribution in [3.8, 4) is 11.8 Å². The lowest BCUT2D eigenvalue weighted by molar-refractivity contribution is -0.136. The number of methoxy groups -OCH3 is 2. The van der Waals surface area contributed by atoms with Crippen LogP contribution in [0, 0.1) is 6.92 Å². The minimum absolute atomic E-state index is 0.230. The largest absolute Gasteiger partial charge is 0.481 e. The first-order chi connectivity index (χ1) is 7.08. The van der Waals surface area contributed by atoms with Crippen molar-refractivity contribution in [3.63, 3.8) is 0 Å². The van der Waals surface area contributed by atoms with Gasteiger partial charge in [0.2, 0.25) is 11.8 Å². The molecule has 0 aromatic carbocycles. The number of ether oxygens (including phenoxy) is 2. The lowest BCUT2D eigenvalue weighted by atomic mass is 10.2. The molecule has 0 unspecified atom stereocenters. The van der Waals surface area contributed by atoms with Crippen LogP contribution in [-0.4, -0.2) is 35.3 Å². The van der Waals surface area contributed by atoms with Gasteiger partial charge in [-0.25, -0.2) is 0 Å². The van der Waals surface area contributed by atoms with Crippen molar-refractivity contribution >= 4 is 5.97 Å². The van der Waals surface area contributed by atoms with Gasteiger partial charge in [0.15, 0.2) is 0 Å². The van der Waals surface area contributed by atoms with Crippen molar-refractivity contribution in [1.29, 1.82) is 0 Å². The number of hydrogen-bond donors (Lipinski definition) is 1. The molecule has 0 radical (unpaired) electrons. The van der Waals surface area contributed by atoms with Crippen molar-refractivity contribution in [2.45, 2.75) is 13.3 Å². The maximum atomic E-state index is 10.6. The summed E-state index contributed by atoms with van der Waals surface area (Å²) in [4.78, 5) is 18.6. The highest BCUT2D eigenvalue weighted by Gasteiger charge is 2.17. The van der Waals surface area contributed by atoms with Crippen LogP contribution >= 0.6 is 0 Å². The summed E-state index contributed by atoms with van der Waals surface area (Å²) in [6, 6.07) is 0. The van der Waals surface area contributed by atoms with Gasteiger partial charge in [-0.2, -0.15) is 9.97 Å². The minimum atomic E-state index is -0.987. The van der Waals surface area contributed by atoms with Gasteiger partial charge in [0.25, 0.3) is 0 Å². The van der Waals surface area contributed by atoms with E-state index >= 15 is 0 Å². The molecule has 0 aliphatic rings. The van der Waals surface area contributed by atoms with E-state index in [0.717, 1.165) is 0 Å². The van der Waals surface area contributed by atoms with Gasteiger partial charge in [0.1, 0.15) is 5.82 Å². The van der Waals surface area contributed by atoms with E-state index in [1.165, 1.54) is 14.2 Å². The Morgan fingerprint density at radius 1 is 1.27 bits per heavy atom. The monoisotopic (exact) mass is 212 g/mol. The fourth-order valence-electron chi connectivity index (χ4n) is 1.19. The fourth-order valence-corrected chi connectivity index (χ4v) is 1.19. The molecule has 1 aromatic rings. The maximum absolute atomic E-state index is 10.6. The summed E-state index contributed by atoms with van der Waals surface area (Å²) in [5.74, 6) is -0.0413. The Bertz CT molecular complexity index is 353. The summed E-state index contributed by atoms with van der Waals surface area (Å²) >= 11 is 0. The third-order valence-electron chi connectivity index (χ3n) is 1.76. The Hall–Kier alpha value is -1.85. The molecule has 6 nitrogen and oxygen atoms in total. The van der Waals surface area contributed by atoms with Crippen LogP contribution in [0.1, 0.15) is 11.4 Å². The number of carboxylic acids is 1. The molecule has 1 N–H and O–H groups in total. The Kier molecular flexibility index (Phi) is 3.43. The minimum Gasteiger partial charge on any atom is -0.481 e. The Morgan fingerprint density at radius 3 is 2.07 bits per heavy atom. The van der Waals surface area contributed by atoms with Crippen LogP contribution in [0.2, 0.25) is 0 Å². The van der Waals surface area contributed by atoms with Crippen LogP contribution in [0.5, 0.6) is 11.8 Å². The van der Waals surface area contributed by atoms with Crippen LogP contribution in [-0.2, 0) is 11.2 Å². The number of hydrogen-bond acceptors (Lipinski definition) is 5. The molecule has 1 heterocycles. The second-order valence-electron chi connectivity index (χ2n) is 2.84. The average Bonchev–Trinajstić information content (AvgIpc) is 2.19. The van der Waals surface area contributed by atoms with E-state index in [1.807, 2.05) is 0 Å². The smallest absolute Gasteiger partial charge is 0.308 e. The summed E-state index contributed by atoms with van der Waals surface area (Å²) in [7, 11) is 2.85. The zero-order chi connectivity index (χ0) is 11.4. The first-order valence-electron chi connectivity index (χ1n) is 4.25. The molecular weight excluding hydrogens is 200 g/mol. The van der Waals surface area contributed by atoms with Gasteiger partial charge in [0, 0.05) is 0 Å². The highest BCUT2D eigenvalue weighted by Crippen LogP contribution is 2.25. The molecule has 0 fully saturated rings. The third-order valence-corrected chi connectivity index (χ3v) is 1.76. The van der Waals surface area contributed by atoms with Gasteiger partial charge in [-0.1, -0.05) is 0 Å². The summed E-state index contributed by atoms with van der Waals surface area (Å²) < 4.78 is 9.95. The molecule has 0 aliphatic carbocycles. The summed E-state index contributed by atoms with van der Waals surface area (Å²) in [5, 5.41) is 8.71. The quantitative estimate of drug-likeness (QED) is 0.779. The molecular formula is C9H12N2O4. The molecule has 0 saturated carbocycles. The van der Waals surface area contributed by atoms with Crippen molar-refractivity contribution in [1.82, 2.24) is 9.97 Å². The van der Waals surface area contributed by atoms with Gasteiger partial charge in [0.05, 0.1) is 26.2 Å². The highest BCUT2D eigenvalue weighted by atomic mass is 16.5. The molecule has 0 amide bonds. The normalized spacial score (nSPS) is 9.80. The Balaban J connectivity index is 3.23. The van der Waals surface area contributed by atoms with E-state index < -0.39 is 5.97 Å². The first-order valence-corrected chi connectivity index (χ1v) is 4.25. The van der Waals surface area contributed by atoms with Crippen molar-refractivity contribution in [3.05, 3.63) is 11.4 Å². The number of aryl methyl sites for hydroxylation is 1. The first kappa shape index (κ1) is 11.2. The molecule has 82 valence electrons. The molecule has 6 heteroatoms. The lowest BCUT2D eigenvalue weighted by Crippen LogP contribution is -2.08. The summed E-state index contributed by atoms with van der Waals surface area (Å²) in [6.45, 7) is 1.68. The third kappa shape index (κ3) is 2.55. The van der Waals surface area contributed by atoms with Crippen LogP contribution in [0.15, 0.2) is 0 Å². The molecule has 0 saturated heterocycles.